The fraction of sp³-hybridized carbons (Fsp3) is 0.118. The first-order valence-corrected chi connectivity index (χ1v) is 11.2. The Morgan fingerprint density at radius 2 is 1.93 bits per heavy atom. The van der Waals surface area contributed by atoms with Gasteiger partial charge in [-0.3, -0.25) is 9.36 Å². The van der Waals surface area contributed by atoms with Crippen LogP contribution in [0.5, 0.6) is 0 Å². The molecule has 0 N–H and O–H groups in total. The maximum atomic E-state index is 13.2. The number of sulfone groups is 1. The van der Waals surface area contributed by atoms with E-state index < -0.39 is 26.5 Å². The van der Waals surface area contributed by atoms with Crippen LogP contribution in [0.2, 0.25) is 5.02 Å². The highest BCUT2D eigenvalue weighted by Gasteiger charge is 2.28. The van der Waals surface area contributed by atoms with Gasteiger partial charge in [0, 0.05) is 8.95 Å². The van der Waals surface area contributed by atoms with Crippen molar-refractivity contribution in [2.75, 3.05) is 7.11 Å². The summed E-state index contributed by atoms with van der Waals surface area (Å²) in [5.74, 6) is -1.00. The number of para-hydroxylation sites is 1. The van der Waals surface area contributed by atoms with E-state index in [0.717, 1.165) is 11.7 Å². The van der Waals surface area contributed by atoms with Crippen LogP contribution < -0.4 is 5.56 Å². The molecule has 0 unspecified atom stereocenters. The molecule has 0 saturated carbocycles. The molecule has 0 bridgehead atoms. The highest BCUT2D eigenvalue weighted by atomic mass is 79.9. The Balaban J connectivity index is 2.41. The lowest BCUT2D eigenvalue weighted by atomic mass is 10.2. The number of fused-ring (bicyclic) bond motifs is 1. The Morgan fingerprint density at radius 1 is 1.25 bits per heavy atom. The maximum Gasteiger partial charge on any atom is 0.425 e. The quantitative estimate of drug-likeness (QED) is 0.453. The second-order valence-corrected chi connectivity index (χ2v) is 9.65. The third-order valence-electron chi connectivity index (χ3n) is 3.79. The number of carbonyl (C=O) groups is 1. The molecule has 1 aromatic heterocycles. The van der Waals surface area contributed by atoms with Crippen LogP contribution in [0.4, 0.5) is 4.79 Å². The van der Waals surface area contributed by atoms with Crippen molar-refractivity contribution in [3.8, 4) is 5.69 Å². The van der Waals surface area contributed by atoms with Crippen molar-refractivity contribution in [3.05, 3.63) is 66.5 Å². The number of hydrogen-bond donors (Lipinski definition) is 0. The number of halogens is 3. The standard InChI is InChI=1S/C17H11Br2ClN2O5S/c1-27-17(24)28(25,26)8-14-21-15-10(6-9(18)7-11(15)19)16(23)22(14)13-5-3-2-4-12(13)20/h2-7H,8H2,1H3. The minimum atomic E-state index is -4.36. The van der Waals surface area contributed by atoms with Crippen LogP contribution in [-0.4, -0.2) is 30.4 Å². The number of methoxy groups -OCH3 is 1. The average Bonchev–Trinajstić information content (AvgIpc) is 2.63. The fourth-order valence-electron chi connectivity index (χ4n) is 2.59. The highest BCUT2D eigenvalue weighted by Crippen LogP contribution is 2.28. The molecule has 0 aliphatic carbocycles. The van der Waals surface area contributed by atoms with Gasteiger partial charge in [-0.05, 0) is 40.2 Å². The summed E-state index contributed by atoms with van der Waals surface area (Å²) >= 11 is 12.9. The Labute approximate surface area is 181 Å². The van der Waals surface area contributed by atoms with Gasteiger partial charge in [0.1, 0.15) is 11.6 Å². The molecule has 28 heavy (non-hydrogen) atoms. The van der Waals surface area contributed by atoms with E-state index >= 15 is 0 Å². The van der Waals surface area contributed by atoms with Crippen molar-refractivity contribution in [3.63, 3.8) is 0 Å². The minimum absolute atomic E-state index is 0.168. The molecular formula is C17H11Br2ClN2O5S. The van der Waals surface area contributed by atoms with Crippen LogP contribution in [0, 0.1) is 0 Å². The molecule has 146 valence electrons. The second-order valence-electron chi connectivity index (χ2n) is 5.62. The largest absolute Gasteiger partial charge is 0.457 e. The van der Waals surface area contributed by atoms with E-state index in [1.165, 1.54) is 0 Å². The van der Waals surface area contributed by atoms with Gasteiger partial charge in [-0.1, -0.05) is 39.7 Å². The first-order valence-electron chi connectivity index (χ1n) is 7.62. The van der Waals surface area contributed by atoms with Crippen LogP contribution in [-0.2, 0) is 20.3 Å². The van der Waals surface area contributed by atoms with Crippen LogP contribution in [0.25, 0.3) is 16.6 Å². The fourth-order valence-corrected chi connectivity index (χ4v) is 5.03. The summed E-state index contributed by atoms with van der Waals surface area (Å²) < 4.78 is 31.1. The molecule has 0 atom stereocenters. The zero-order valence-electron chi connectivity index (χ0n) is 14.1. The lowest BCUT2D eigenvalue weighted by molar-refractivity contribution is 0.197. The molecule has 0 amide bonds. The Bertz CT molecular complexity index is 1270. The van der Waals surface area contributed by atoms with Gasteiger partial charge in [0.2, 0.25) is 0 Å². The third-order valence-corrected chi connectivity index (χ3v) is 6.49. The summed E-state index contributed by atoms with van der Waals surface area (Å²) in [4.78, 5) is 29.2. The Morgan fingerprint density at radius 3 is 2.57 bits per heavy atom. The molecule has 0 radical (unpaired) electrons. The smallest absolute Gasteiger partial charge is 0.425 e. The molecule has 7 nitrogen and oxygen atoms in total. The van der Waals surface area contributed by atoms with Crippen molar-refractivity contribution in [1.29, 1.82) is 0 Å². The second kappa shape index (κ2) is 7.94. The molecule has 2 aromatic carbocycles. The monoisotopic (exact) mass is 548 g/mol. The zero-order valence-corrected chi connectivity index (χ0v) is 18.9. The van der Waals surface area contributed by atoms with Crippen LogP contribution in [0.1, 0.15) is 5.82 Å². The van der Waals surface area contributed by atoms with Crippen molar-refractivity contribution in [2.24, 2.45) is 0 Å². The molecule has 0 saturated heterocycles. The molecule has 0 aliphatic heterocycles. The van der Waals surface area contributed by atoms with E-state index in [1.54, 1.807) is 36.4 Å². The first-order chi connectivity index (χ1) is 13.2. The maximum absolute atomic E-state index is 13.2. The molecule has 0 fully saturated rings. The van der Waals surface area contributed by atoms with Gasteiger partial charge in [-0.25, -0.2) is 18.2 Å². The van der Waals surface area contributed by atoms with Gasteiger partial charge in [0.15, 0.2) is 0 Å². The number of rotatable bonds is 3. The van der Waals surface area contributed by atoms with Crippen molar-refractivity contribution >= 4 is 69.5 Å². The van der Waals surface area contributed by atoms with Gasteiger partial charge in [0.25, 0.3) is 15.4 Å². The van der Waals surface area contributed by atoms with E-state index in [0.29, 0.717) is 8.95 Å². The molecule has 0 aliphatic rings. The topological polar surface area (TPSA) is 95.3 Å². The van der Waals surface area contributed by atoms with Gasteiger partial charge in [-0.15, -0.1) is 0 Å². The van der Waals surface area contributed by atoms with Crippen molar-refractivity contribution in [1.82, 2.24) is 9.55 Å². The third kappa shape index (κ3) is 3.86. The predicted molar refractivity (Wildman–Crippen MR) is 113 cm³/mol. The van der Waals surface area contributed by atoms with Gasteiger partial charge < -0.3 is 4.74 Å². The Hall–Kier alpha value is -1.75. The number of ether oxygens (including phenoxy) is 1. The summed E-state index contributed by atoms with van der Waals surface area (Å²) in [6, 6.07) is 9.67. The molecular weight excluding hydrogens is 540 g/mol. The molecule has 0 spiro atoms. The lowest BCUT2D eigenvalue weighted by Crippen LogP contribution is -2.28. The molecule has 11 heteroatoms. The number of hydrogen-bond acceptors (Lipinski definition) is 6. The van der Waals surface area contributed by atoms with Crippen molar-refractivity contribution in [2.45, 2.75) is 5.75 Å². The molecule has 3 aromatic rings. The van der Waals surface area contributed by atoms with Crippen LogP contribution in [0.15, 0.2) is 50.1 Å². The Kier molecular flexibility index (Phi) is 5.95. The van der Waals surface area contributed by atoms with E-state index in [2.05, 4.69) is 41.6 Å². The minimum Gasteiger partial charge on any atom is -0.457 e. The predicted octanol–water partition coefficient (Wildman–Crippen LogP) is 4.25. The number of benzene rings is 2. The number of nitrogens with zero attached hydrogens (tertiary/aromatic N) is 2. The normalized spacial score (nSPS) is 11.6. The van der Waals surface area contributed by atoms with E-state index in [4.69, 9.17) is 11.6 Å². The van der Waals surface area contributed by atoms with Gasteiger partial charge in [-0.2, -0.15) is 0 Å². The summed E-state index contributed by atoms with van der Waals surface area (Å²) in [6.45, 7) is 0. The number of aromatic nitrogens is 2. The highest BCUT2D eigenvalue weighted by molar-refractivity contribution is 9.11. The molecule has 3 rings (SSSR count). The number of carbonyl (C=O) groups excluding carboxylic acids is 1. The summed E-state index contributed by atoms with van der Waals surface area (Å²) in [6.07, 6.45) is 0. The van der Waals surface area contributed by atoms with E-state index in [-0.39, 0.29) is 27.4 Å². The van der Waals surface area contributed by atoms with Gasteiger partial charge in [0.05, 0.1) is 28.7 Å². The summed E-state index contributed by atoms with van der Waals surface area (Å²) in [7, 11) is -3.40. The zero-order chi connectivity index (χ0) is 20.6. The van der Waals surface area contributed by atoms with Crippen LogP contribution in [0.3, 0.4) is 0 Å². The van der Waals surface area contributed by atoms with E-state index in [9.17, 15) is 18.0 Å². The summed E-state index contributed by atoms with van der Waals surface area (Å²) in [5, 5.41) is -0.959. The first kappa shape index (κ1) is 21.0. The van der Waals surface area contributed by atoms with Crippen LogP contribution >= 0.6 is 43.5 Å². The molecule has 1 heterocycles. The SMILES string of the molecule is COC(=O)S(=O)(=O)Cc1nc2c(Br)cc(Br)cc2c(=O)n1-c1ccccc1Cl. The average molecular weight is 551 g/mol. The summed E-state index contributed by atoms with van der Waals surface area (Å²) in [5.41, 5.74) is -0.0311. The van der Waals surface area contributed by atoms with Crippen molar-refractivity contribution < 1.29 is 17.9 Å². The lowest BCUT2D eigenvalue weighted by Gasteiger charge is -2.15. The van der Waals surface area contributed by atoms with Gasteiger partial charge >= 0.3 is 5.30 Å². The van der Waals surface area contributed by atoms with E-state index in [1.807, 2.05) is 0 Å².